The molecule has 1 heterocycles. The third-order valence-corrected chi connectivity index (χ3v) is 4.04. The molecule has 0 bridgehead atoms. The van der Waals surface area contributed by atoms with E-state index in [1.165, 1.54) is 18.2 Å². The van der Waals surface area contributed by atoms with Gasteiger partial charge in [0.15, 0.2) is 5.16 Å². The van der Waals surface area contributed by atoms with Gasteiger partial charge in [-0.2, -0.15) is 0 Å². The van der Waals surface area contributed by atoms with Crippen LogP contribution in [-0.2, 0) is 4.79 Å². The van der Waals surface area contributed by atoms with Gasteiger partial charge < -0.3 is 16.8 Å². The standard InChI is InChI=1S/C13H13BrFN5OS/c1-6(22-13-19-10(16)5-11(17)20-13)12(21)18-9-3-2-7(14)4-8(9)15/h2-6H,1H3,(H,18,21)(H4,16,17,19,20)/t6-/m0/s1. The number of thioether (sulfide) groups is 1. The molecule has 2 aromatic rings. The smallest absolute Gasteiger partial charge is 0.237 e. The Balaban J connectivity index is 2.05. The van der Waals surface area contributed by atoms with Crippen molar-refractivity contribution in [3.05, 3.63) is 34.6 Å². The Kier molecular flexibility index (Phi) is 5.19. The number of nitrogens with one attached hydrogen (secondary N) is 1. The van der Waals surface area contributed by atoms with E-state index in [1.807, 2.05) is 0 Å². The molecule has 0 aliphatic carbocycles. The van der Waals surface area contributed by atoms with Crippen LogP contribution in [0.4, 0.5) is 21.7 Å². The maximum absolute atomic E-state index is 13.7. The zero-order valence-electron chi connectivity index (χ0n) is 11.5. The van der Waals surface area contributed by atoms with Gasteiger partial charge in [-0.3, -0.25) is 4.79 Å². The number of nitrogens with zero attached hydrogens (tertiary/aromatic N) is 2. The van der Waals surface area contributed by atoms with Crippen molar-refractivity contribution in [3.63, 3.8) is 0 Å². The number of nitrogens with two attached hydrogens (primary N) is 2. The van der Waals surface area contributed by atoms with Crippen molar-refractivity contribution < 1.29 is 9.18 Å². The summed E-state index contributed by atoms with van der Waals surface area (Å²) in [5, 5.41) is 2.25. The summed E-state index contributed by atoms with van der Waals surface area (Å²) in [7, 11) is 0. The lowest BCUT2D eigenvalue weighted by molar-refractivity contribution is -0.115. The maximum Gasteiger partial charge on any atom is 0.237 e. The van der Waals surface area contributed by atoms with Crippen molar-refractivity contribution in [1.29, 1.82) is 0 Å². The van der Waals surface area contributed by atoms with Gasteiger partial charge in [0.05, 0.1) is 10.9 Å². The Labute approximate surface area is 139 Å². The number of amides is 1. The minimum atomic E-state index is -0.552. The van der Waals surface area contributed by atoms with Gasteiger partial charge in [-0.1, -0.05) is 27.7 Å². The van der Waals surface area contributed by atoms with Crippen LogP contribution in [0.2, 0.25) is 0 Å². The molecule has 0 radical (unpaired) electrons. The molecule has 0 saturated carbocycles. The lowest BCUT2D eigenvalue weighted by atomic mass is 10.3. The third kappa shape index (κ3) is 4.31. The molecule has 9 heteroatoms. The Bertz CT molecular complexity index is 695. The zero-order valence-corrected chi connectivity index (χ0v) is 13.9. The highest BCUT2D eigenvalue weighted by molar-refractivity contribution is 9.10. The SMILES string of the molecule is C[C@H](Sc1nc(N)cc(N)n1)C(=O)Nc1ccc(Br)cc1F. The minimum absolute atomic E-state index is 0.105. The molecule has 0 saturated heterocycles. The molecule has 0 unspecified atom stereocenters. The molecule has 0 aliphatic heterocycles. The number of rotatable bonds is 4. The molecule has 22 heavy (non-hydrogen) atoms. The van der Waals surface area contributed by atoms with Gasteiger partial charge in [0.25, 0.3) is 0 Å². The highest BCUT2D eigenvalue weighted by Gasteiger charge is 2.18. The van der Waals surface area contributed by atoms with E-state index in [4.69, 9.17) is 11.5 Å². The molecule has 0 spiro atoms. The summed E-state index contributed by atoms with van der Waals surface area (Å²) in [6, 6.07) is 5.81. The van der Waals surface area contributed by atoms with Crippen molar-refractivity contribution in [2.45, 2.75) is 17.3 Å². The van der Waals surface area contributed by atoms with Crippen LogP contribution in [0.15, 0.2) is 33.9 Å². The van der Waals surface area contributed by atoms with Crippen LogP contribution in [0.3, 0.4) is 0 Å². The van der Waals surface area contributed by atoms with Gasteiger partial charge >= 0.3 is 0 Å². The van der Waals surface area contributed by atoms with Crippen molar-refractivity contribution in [2.75, 3.05) is 16.8 Å². The maximum atomic E-state index is 13.7. The van der Waals surface area contributed by atoms with E-state index < -0.39 is 11.1 Å². The van der Waals surface area contributed by atoms with Crippen LogP contribution in [0, 0.1) is 5.82 Å². The molecule has 0 fully saturated rings. The topological polar surface area (TPSA) is 107 Å². The number of halogens is 2. The number of benzene rings is 1. The van der Waals surface area contributed by atoms with E-state index in [0.29, 0.717) is 4.47 Å². The Morgan fingerprint density at radius 1 is 1.32 bits per heavy atom. The minimum Gasteiger partial charge on any atom is -0.383 e. The molecule has 116 valence electrons. The lowest BCUT2D eigenvalue weighted by Gasteiger charge is -2.12. The van der Waals surface area contributed by atoms with Crippen LogP contribution in [0.5, 0.6) is 0 Å². The second-order valence-electron chi connectivity index (χ2n) is 4.37. The summed E-state index contributed by atoms with van der Waals surface area (Å²) in [5.74, 6) is -0.455. The molecular formula is C13H13BrFN5OS. The molecule has 2 rings (SSSR count). The fourth-order valence-corrected chi connectivity index (χ4v) is 2.68. The fourth-order valence-electron chi connectivity index (χ4n) is 1.55. The van der Waals surface area contributed by atoms with E-state index in [0.717, 1.165) is 11.8 Å². The first-order chi connectivity index (χ1) is 10.3. The van der Waals surface area contributed by atoms with Gasteiger partial charge in [0.1, 0.15) is 17.5 Å². The van der Waals surface area contributed by atoms with Crippen molar-refractivity contribution >= 4 is 50.9 Å². The second-order valence-corrected chi connectivity index (χ2v) is 6.60. The molecule has 5 N–H and O–H groups in total. The number of anilines is 3. The lowest BCUT2D eigenvalue weighted by Crippen LogP contribution is -2.23. The van der Waals surface area contributed by atoms with E-state index in [-0.39, 0.29) is 28.4 Å². The molecule has 1 amide bonds. The van der Waals surface area contributed by atoms with Crippen LogP contribution >= 0.6 is 27.7 Å². The van der Waals surface area contributed by atoms with Gasteiger partial charge in [0, 0.05) is 10.5 Å². The largest absolute Gasteiger partial charge is 0.383 e. The summed E-state index contributed by atoms with van der Waals surface area (Å²) in [6.45, 7) is 1.65. The average Bonchev–Trinajstić information content (AvgIpc) is 2.40. The predicted molar refractivity (Wildman–Crippen MR) is 88.9 cm³/mol. The van der Waals surface area contributed by atoms with Crippen LogP contribution < -0.4 is 16.8 Å². The molecule has 0 aliphatic rings. The van der Waals surface area contributed by atoms with E-state index in [2.05, 4.69) is 31.2 Å². The summed E-state index contributed by atoms with van der Waals surface area (Å²) >= 11 is 4.23. The number of aromatic nitrogens is 2. The van der Waals surface area contributed by atoms with Crippen LogP contribution in [0.1, 0.15) is 6.92 Å². The van der Waals surface area contributed by atoms with E-state index in [9.17, 15) is 9.18 Å². The molecule has 1 aromatic carbocycles. The number of hydrogen-bond acceptors (Lipinski definition) is 6. The van der Waals surface area contributed by atoms with E-state index in [1.54, 1.807) is 13.0 Å². The summed E-state index contributed by atoms with van der Waals surface area (Å²) < 4.78 is 14.3. The predicted octanol–water partition coefficient (Wildman–Crippen LogP) is 2.66. The van der Waals surface area contributed by atoms with Gasteiger partial charge in [-0.05, 0) is 25.1 Å². The highest BCUT2D eigenvalue weighted by Crippen LogP contribution is 2.24. The molecule has 6 nitrogen and oxygen atoms in total. The quantitative estimate of drug-likeness (QED) is 0.551. The molecular weight excluding hydrogens is 373 g/mol. The van der Waals surface area contributed by atoms with Gasteiger partial charge in [0.2, 0.25) is 5.91 Å². The Morgan fingerprint density at radius 2 is 1.95 bits per heavy atom. The van der Waals surface area contributed by atoms with Gasteiger partial charge in [-0.25, -0.2) is 14.4 Å². The van der Waals surface area contributed by atoms with Crippen LogP contribution in [0.25, 0.3) is 0 Å². The van der Waals surface area contributed by atoms with E-state index >= 15 is 0 Å². The fraction of sp³-hybridized carbons (Fsp3) is 0.154. The number of carbonyl (C=O) groups excluding carboxylic acids is 1. The first-order valence-electron chi connectivity index (χ1n) is 6.18. The Morgan fingerprint density at radius 3 is 2.55 bits per heavy atom. The summed E-state index contributed by atoms with van der Waals surface area (Å²) in [5.41, 5.74) is 11.2. The monoisotopic (exact) mass is 385 g/mol. The number of nitrogen functional groups attached to an aromatic ring is 2. The third-order valence-electron chi connectivity index (χ3n) is 2.59. The first kappa shape index (κ1) is 16.5. The average molecular weight is 386 g/mol. The number of carbonyl (C=O) groups is 1. The molecule has 1 aromatic heterocycles. The van der Waals surface area contributed by atoms with Gasteiger partial charge in [-0.15, -0.1) is 0 Å². The second kappa shape index (κ2) is 6.93. The zero-order chi connectivity index (χ0) is 16.3. The van der Waals surface area contributed by atoms with Crippen molar-refractivity contribution in [2.24, 2.45) is 0 Å². The van der Waals surface area contributed by atoms with Crippen LogP contribution in [-0.4, -0.2) is 21.1 Å². The Hall–Kier alpha value is -1.87. The summed E-state index contributed by atoms with van der Waals surface area (Å²) in [4.78, 5) is 20.1. The first-order valence-corrected chi connectivity index (χ1v) is 7.85. The molecule has 1 atom stereocenters. The van der Waals surface area contributed by atoms with Crippen molar-refractivity contribution in [3.8, 4) is 0 Å². The van der Waals surface area contributed by atoms with Crippen molar-refractivity contribution in [1.82, 2.24) is 9.97 Å². The highest BCUT2D eigenvalue weighted by atomic mass is 79.9. The normalized spacial score (nSPS) is 12.0. The number of hydrogen-bond donors (Lipinski definition) is 3. The summed E-state index contributed by atoms with van der Waals surface area (Å²) in [6.07, 6.45) is 0.